The zero-order valence-corrected chi connectivity index (χ0v) is 9.82. The lowest BCUT2D eigenvalue weighted by Gasteiger charge is -2.03. The average molecular weight is 265 g/mol. The lowest BCUT2D eigenvalue weighted by molar-refractivity contribution is 0.599. The molecule has 8 heteroatoms. The van der Waals surface area contributed by atoms with Crippen molar-refractivity contribution in [2.75, 3.05) is 0 Å². The lowest BCUT2D eigenvalue weighted by atomic mass is 10.2. The summed E-state index contributed by atoms with van der Waals surface area (Å²) in [6.07, 6.45) is 1.90. The van der Waals surface area contributed by atoms with Crippen LogP contribution in [0.5, 0.6) is 0 Å². The fraction of sp³-hybridized carbons (Fsp3) is 0.143. The summed E-state index contributed by atoms with van der Waals surface area (Å²) in [5, 5.41) is 6.01. The first-order chi connectivity index (χ1) is 6.81. The topological polar surface area (TPSA) is 94.3 Å². The first kappa shape index (κ1) is 10.8. The van der Waals surface area contributed by atoms with Crippen molar-refractivity contribution in [3.05, 3.63) is 23.1 Å². The van der Waals surface area contributed by atoms with Gasteiger partial charge in [-0.05, 0) is 18.1 Å². The molecule has 0 atom stereocenters. The molecule has 0 bridgehead atoms. The maximum Gasteiger partial charge on any atom is 0.247 e. The summed E-state index contributed by atoms with van der Waals surface area (Å²) in [6.45, 7) is 0. The van der Waals surface area contributed by atoms with Crippen LogP contribution in [0.4, 0.5) is 0 Å². The Morgan fingerprint density at radius 2 is 2.07 bits per heavy atom. The number of nitrogens with two attached hydrogens (primary N) is 1. The SMILES string of the molecule is NS(=O)(=O)c1cc2c(s1)S(=O)(=O)C=CC2. The molecule has 0 amide bonds. The normalized spacial score (nSPS) is 18.7. The van der Waals surface area contributed by atoms with E-state index in [0.717, 1.165) is 5.41 Å². The molecule has 1 aromatic rings. The van der Waals surface area contributed by atoms with Crippen LogP contribution in [0.15, 0.2) is 26.0 Å². The van der Waals surface area contributed by atoms with Gasteiger partial charge in [-0.15, -0.1) is 11.3 Å². The van der Waals surface area contributed by atoms with E-state index in [9.17, 15) is 16.8 Å². The standard InChI is InChI=1S/C7H7NO4S3/c8-15(11,12)6-4-5-2-1-3-14(9,10)7(5)13-6/h1,3-4H,2H2,(H2,8,11,12). The largest absolute Gasteiger partial charge is 0.247 e. The number of fused-ring (bicyclic) bond motifs is 1. The second-order valence-corrected chi connectivity index (χ2v) is 7.91. The molecule has 5 nitrogen and oxygen atoms in total. The third-order valence-electron chi connectivity index (χ3n) is 1.90. The third-order valence-corrected chi connectivity index (χ3v) is 6.57. The summed E-state index contributed by atoms with van der Waals surface area (Å²) in [7, 11) is -7.28. The van der Waals surface area contributed by atoms with Crippen LogP contribution in [0.25, 0.3) is 0 Å². The molecule has 0 aromatic carbocycles. The van der Waals surface area contributed by atoms with Crippen molar-refractivity contribution in [3.63, 3.8) is 0 Å². The third kappa shape index (κ3) is 1.85. The molecule has 0 spiro atoms. The Morgan fingerprint density at radius 1 is 1.40 bits per heavy atom. The van der Waals surface area contributed by atoms with E-state index in [1.807, 2.05) is 0 Å². The first-order valence-corrected chi connectivity index (χ1v) is 7.79. The molecule has 0 radical (unpaired) electrons. The van der Waals surface area contributed by atoms with Crippen molar-refractivity contribution in [3.8, 4) is 0 Å². The van der Waals surface area contributed by atoms with Crippen molar-refractivity contribution in [2.45, 2.75) is 14.8 Å². The van der Waals surface area contributed by atoms with Gasteiger partial charge in [0.1, 0.15) is 8.42 Å². The molecular formula is C7H7NO4S3. The van der Waals surface area contributed by atoms with Crippen LogP contribution in [-0.4, -0.2) is 16.8 Å². The number of hydrogen-bond donors (Lipinski definition) is 1. The average Bonchev–Trinajstić information content (AvgIpc) is 2.47. The van der Waals surface area contributed by atoms with Gasteiger partial charge in [-0.1, -0.05) is 6.08 Å². The van der Waals surface area contributed by atoms with Crippen LogP contribution in [0, 0.1) is 0 Å². The van der Waals surface area contributed by atoms with Gasteiger partial charge in [0, 0.05) is 5.41 Å². The monoisotopic (exact) mass is 265 g/mol. The molecule has 0 saturated heterocycles. The maximum atomic E-state index is 11.5. The van der Waals surface area contributed by atoms with Crippen molar-refractivity contribution >= 4 is 31.2 Å². The molecule has 15 heavy (non-hydrogen) atoms. The molecule has 1 aliphatic rings. The molecule has 0 fully saturated rings. The quantitative estimate of drug-likeness (QED) is 0.787. The number of thiophene rings is 1. The maximum absolute atomic E-state index is 11.5. The lowest BCUT2D eigenvalue weighted by Crippen LogP contribution is -2.09. The van der Waals surface area contributed by atoms with Gasteiger partial charge in [-0.2, -0.15) is 0 Å². The number of sulfone groups is 1. The predicted octanol–water partition coefficient (Wildman–Crippen LogP) is 0.239. The molecule has 0 saturated carbocycles. The molecule has 0 unspecified atom stereocenters. The van der Waals surface area contributed by atoms with Gasteiger partial charge in [0.05, 0.1) is 0 Å². The minimum atomic E-state index is -3.82. The van der Waals surface area contributed by atoms with E-state index in [-0.39, 0.29) is 8.42 Å². The smallest absolute Gasteiger partial charge is 0.224 e. The molecule has 1 aromatic heterocycles. The van der Waals surface area contributed by atoms with Crippen LogP contribution >= 0.6 is 11.3 Å². The van der Waals surface area contributed by atoms with Crippen molar-refractivity contribution in [2.24, 2.45) is 5.14 Å². The Hall–Kier alpha value is -0.700. The van der Waals surface area contributed by atoms with Crippen molar-refractivity contribution < 1.29 is 16.8 Å². The zero-order valence-electron chi connectivity index (χ0n) is 7.37. The minimum absolute atomic E-state index is 0.0778. The van der Waals surface area contributed by atoms with Crippen LogP contribution in [0.1, 0.15) is 5.56 Å². The van der Waals surface area contributed by atoms with Gasteiger partial charge in [-0.25, -0.2) is 22.0 Å². The van der Waals surface area contributed by atoms with Gasteiger partial charge in [-0.3, -0.25) is 0 Å². The fourth-order valence-corrected chi connectivity index (χ4v) is 4.99. The van der Waals surface area contributed by atoms with E-state index in [4.69, 9.17) is 5.14 Å². The molecule has 2 heterocycles. The highest BCUT2D eigenvalue weighted by Gasteiger charge is 2.25. The Morgan fingerprint density at radius 3 is 2.60 bits per heavy atom. The Balaban J connectivity index is 2.71. The van der Waals surface area contributed by atoms with Crippen LogP contribution < -0.4 is 5.14 Å². The molecule has 2 rings (SSSR count). The summed E-state index contributed by atoms with van der Waals surface area (Å²) in [6, 6.07) is 1.32. The second kappa shape index (κ2) is 3.14. The highest BCUT2D eigenvalue weighted by atomic mass is 32.3. The zero-order chi connectivity index (χ0) is 11.3. The Bertz CT molecular complexity index is 636. The summed E-state index contributed by atoms with van der Waals surface area (Å²) >= 11 is 0.697. The summed E-state index contributed by atoms with van der Waals surface area (Å²) in [5.74, 6) is 0. The number of sulfonamides is 1. The number of allylic oxidation sites excluding steroid dienone is 1. The number of rotatable bonds is 1. The van der Waals surface area contributed by atoms with Crippen molar-refractivity contribution in [1.82, 2.24) is 0 Å². The van der Waals surface area contributed by atoms with Crippen LogP contribution in [0.3, 0.4) is 0 Å². The van der Waals surface area contributed by atoms with E-state index in [0.29, 0.717) is 23.3 Å². The van der Waals surface area contributed by atoms with E-state index < -0.39 is 19.9 Å². The minimum Gasteiger partial charge on any atom is -0.224 e. The van der Waals surface area contributed by atoms with Gasteiger partial charge in [0.25, 0.3) is 0 Å². The number of primary sulfonamides is 1. The summed E-state index contributed by atoms with van der Waals surface area (Å²) in [5.41, 5.74) is 0.492. The van der Waals surface area contributed by atoms with Crippen LogP contribution in [0.2, 0.25) is 0 Å². The molecule has 1 aliphatic heterocycles. The first-order valence-electron chi connectivity index (χ1n) is 3.88. The van der Waals surface area contributed by atoms with Crippen molar-refractivity contribution in [1.29, 1.82) is 0 Å². The van der Waals surface area contributed by atoms with Crippen LogP contribution in [-0.2, 0) is 26.3 Å². The second-order valence-electron chi connectivity index (χ2n) is 3.04. The van der Waals surface area contributed by atoms with E-state index in [2.05, 4.69) is 0 Å². The molecular weight excluding hydrogens is 258 g/mol. The molecule has 0 aliphatic carbocycles. The highest BCUT2D eigenvalue weighted by molar-refractivity contribution is 7.97. The summed E-state index contributed by atoms with van der Waals surface area (Å²) < 4.78 is 45.0. The predicted molar refractivity (Wildman–Crippen MR) is 55.7 cm³/mol. The van der Waals surface area contributed by atoms with Gasteiger partial charge in [0.2, 0.25) is 19.9 Å². The molecule has 2 N–H and O–H groups in total. The van der Waals surface area contributed by atoms with Gasteiger partial charge < -0.3 is 0 Å². The molecule has 82 valence electrons. The van der Waals surface area contributed by atoms with Gasteiger partial charge >= 0.3 is 0 Å². The van der Waals surface area contributed by atoms with Gasteiger partial charge in [0.15, 0.2) is 0 Å². The Labute approximate surface area is 91.2 Å². The Kier molecular flexibility index (Phi) is 2.26. The van der Waals surface area contributed by atoms with E-state index in [1.54, 1.807) is 0 Å². The van der Waals surface area contributed by atoms with E-state index in [1.165, 1.54) is 12.1 Å². The fourth-order valence-electron chi connectivity index (χ4n) is 1.27. The number of hydrogen-bond acceptors (Lipinski definition) is 5. The summed E-state index contributed by atoms with van der Waals surface area (Å²) in [4.78, 5) is 0. The highest BCUT2D eigenvalue weighted by Crippen LogP contribution is 2.33. The van der Waals surface area contributed by atoms with E-state index >= 15 is 0 Å².